The summed E-state index contributed by atoms with van der Waals surface area (Å²) in [4.78, 5) is 49.9. The lowest BCUT2D eigenvalue weighted by molar-refractivity contribution is -0.160. The molecule has 2 saturated heterocycles. The monoisotopic (exact) mass is 711 g/mol. The summed E-state index contributed by atoms with van der Waals surface area (Å²) < 4.78 is 11.7. The Labute approximate surface area is 304 Å². The molecule has 0 amide bonds. The Bertz CT molecular complexity index is 936. The fraction of sp³-hybridized carbons (Fsp3) is 0.900. The number of piperidine rings is 2. The first kappa shape index (κ1) is 45.8. The van der Waals surface area contributed by atoms with Crippen LogP contribution in [0.4, 0.5) is 0 Å². The van der Waals surface area contributed by atoms with Gasteiger partial charge in [0.25, 0.3) is 0 Å². The third-order valence-electron chi connectivity index (χ3n) is 11.2. The van der Waals surface area contributed by atoms with Crippen molar-refractivity contribution in [3.05, 3.63) is 0 Å². The summed E-state index contributed by atoms with van der Waals surface area (Å²) in [6.07, 6.45) is 16.4. The highest BCUT2D eigenvalue weighted by atomic mass is 16.5. The average molecular weight is 711 g/mol. The molecule has 0 radical (unpaired) electrons. The number of hydrogen-bond acceptors (Lipinski definition) is 8. The molecule has 0 aromatic heterocycles. The molecule has 2 aliphatic rings. The number of carboxylic acids is 2. The molecule has 292 valence electrons. The molecule has 0 spiro atoms. The second-order valence-electron chi connectivity index (χ2n) is 17.4. The van der Waals surface area contributed by atoms with E-state index in [1.165, 1.54) is 0 Å². The van der Waals surface area contributed by atoms with Gasteiger partial charge in [-0.2, -0.15) is 0 Å². The Morgan fingerprint density at radius 1 is 0.460 bits per heavy atom. The maximum atomic E-state index is 12.4. The number of carbonyl (C=O) groups is 4. The lowest BCUT2D eigenvalue weighted by Crippen LogP contribution is -2.60. The molecule has 2 N–H and O–H groups in total. The summed E-state index contributed by atoms with van der Waals surface area (Å²) in [7, 11) is 4.33. The lowest BCUT2D eigenvalue weighted by Gasteiger charge is -2.53. The third-order valence-corrected chi connectivity index (χ3v) is 11.2. The number of rotatable bonds is 20. The van der Waals surface area contributed by atoms with Gasteiger partial charge in [-0.15, -0.1) is 0 Å². The molecular weight excluding hydrogens is 636 g/mol. The van der Waals surface area contributed by atoms with Gasteiger partial charge in [-0.1, -0.05) is 51.4 Å². The van der Waals surface area contributed by atoms with Gasteiger partial charge in [0, 0.05) is 73.5 Å². The second-order valence-corrected chi connectivity index (χ2v) is 17.4. The van der Waals surface area contributed by atoms with Crippen molar-refractivity contribution in [2.24, 2.45) is 0 Å². The van der Waals surface area contributed by atoms with Crippen molar-refractivity contribution in [2.45, 2.75) is 218 Å². The van der Waals surface area contributed by atoms with Crippen LogP contribution in [-0.4, -0.2) is 92.3 Å². The van der Waals surface area contributed by atoms with Crippen LogP contribution in [0.3, 0.4) is 0 Å². The van der Waals surface area contributed by atoms with Crippen LogP contribution in [0.1, 0.15) is 184 Å². The summed E-state index contributed by atoms with van der Waals surface area (Å²) in [5, 5.41) is 16.7. The van der Waals surface area contributed by atoms with Gasteiger partial charge in [-0.25, -0.2) is 0 Å². The van der Waals surface area contributed by atoms with Gasteiger partial charge >= 0.3 is 23.9 Å². The van der Waals surface area contributed by atoms with E-state index < -0.39 is 11.9 Å². The number of esters is 2. The molecule has 50 heavy (non-hydrogen) atoms. The Morgan fingerprint density at radius 2 is 0.680 bits per heavy atom. The van der Waals surface area contributed by atoms with E-state index >= 15 is 0 Å². The fourth-order valence-electron chi connectivity index (χ4n) is 7.72. The number of carbonyl (C=O) groups excluding carboxylic acids is 2. The first-order valence-corrected chi connectivity index (χ1v) is 19.4. The SMILES string of the molecule is CN1C(C)(C)CC(OC(=O)CCCCCCCCC(=O)OC2CC(C)(C)N(C)C(C)(C)C2)CC1(C)C.O=C(O)CCCCCCCCC(=O)O. The molecule has 0 unspecified atom stereocenters. The first-order valence-electron chi connectivity index (χ1n) is 19.4. The largest absolute Gasteiger partial charge is 0.481 e. The minimum Gasteiger partial charge on any atom is -0.481 e. The minimum absolute atomic E-state index is 0.00474. The zero-order valence-corrected chi connectivity index (χ0v) is 33.5. The van der Waals surface area contributed by atoms with Crippen molar-refractivity contribution in [3.8, 4) is 0 Å². The maximum Gasteiger partial charge on any atom is 0.306 e. The summed E-state index contributed by atoms with van der Waals surface area (Å²) >= 11 is 0. The van der Waals surface area contributed by atoms with Gasteiger partial charge in [0.2, 0.25) is 0 Å². The fourth-order valence-corrected chi connectivity index (χ4v) is 7.72. The number of hydrogen-bond donors (Lipinski definition) is 2. The van der Waals surface area contributed by atoms with E-state index in [0.717, 1.165) is 103 Å². The van der Waals surface area contributed by atoms with E-state index in [2.05, 4.69) is 79.3 Å². The molecule has 2 heterocycles. The zero-order valence-electron chi connectivity index (χ0n) is 33.5. The zero-order chi connectivity index (χ0) is 38.2. The molecule has 0 atom stereocenters. The van der Waals surface area contributed by atoms with Gasteiger partial charge in [0.05, 0.1) is 0 Å². The standard InChI is InChI=1S/C30H56N2O4.C10H18O4/c1-27(2)19-23(20-28(3,4)31(27)9)35-25(33)17-15-13-11-12-14-16-18-26(34)36-24-21-29(5,6)32(10)30(7,8)22-24;11-9(12)7-5-3-1-2-4-6-8-10(13)14/h23-24H,11-22H2,1-10H3;1-8H2,(H,11,12)(H,13,14). The highest BCUT2D eigenvalue weighted by Gasteiger charge is 2.45. The van der Waals surface area contributed by atoms with Crippen molar-refractivity contribution < 1.29 is 38.9 Å². The van der Waals surface area contributed by atoms with Gasteiger partial charge < -0.3 is 19.7 Å². The van der Waals surface area contributed by atoms with Crippen LogP contribution in [0.15, 0.2) is 0 Å². The number of aliphatic carboxylic acids is 2. The van der Waals surface area contributed by atoms with E-state index in [4.69, 9.17) is 19.7 Å². The van der Waals surface area contributed by atoms with Crippen LogP contribution in [-0.2, 0) is 28.7 Å². The van der Waals surface area contributed by atoms with Gasteiger partial charge in [-0.05, 0) is 95.2 Å². The lowest BCUT2D eigenvalue weighted by atomic mass is 9.78. The van der Waals surface area contributed by atoms with E-state index in [1.807, 2.05) is 0 Å². The Balaban J connectivity index is 0.000000751. The second kappa shape index (κ2) is 21.4. The number of carboxylic acid groups (broad SMARTS) is 2. The number of ether oxygens (including phenoxy) is 2. The van der Waals surface area contributed by atoms with E-state index in [0.29, 0.717) is 12.8 Å². The van der Waals surface area contributed by atoms with Crippen LogP contribution in [0.25, 0.3) is 0 Å². The summed E-state index contributed by atoms with van der Waals surface area (Å²) in [5.74, 6) is -1.59. The molecule has 0 aromatic rings. The van der Waals surface area contributed by atoms with Crippen LogP contribution < -0.4 is 0 Å². The van der Waals surface area contributed by atoms with E-state index in [9.17, 15) is 19.2 Å². The topological polar surface area (TPSA) is 134 Å². The van der Waals surface area contributed by atoms with Crippen molar-refractivity contribution in [1.82, 2.24) is 9.80 Å². The summed E-state index contributed by atoms with van der Waals surface area (Å²) in [6.45, 7) is 17.8. The van der Waals surface area contributed by atoms with Crippen LogP contribution in [0.2, 0.25) is 0 Å². The molecule has 2 rings (SSSR count). The summed E-state index contributed by atoms with van der Waals surface area (Å²) in [6, 6.07) is 0. The molecule has 10 heteroatoms. The molecule has 0 saturated carbocycles. The molecule has 10 nitrogen and oxygen atoms in total. The quantitative estimate of drug-likeness (QED) is 0.0933. The highest BCUT2D eigenvalue weighted by Crippen LogP contribution is 2.39. The molecule has 0 bridgehead atoms. The molecular formula is C40H74N2O8. The predicted molar refractivity (Wildman–Crippen MR) is 199 cm³/mol. The molecule has 0 aliphatic carbocycles. The van der Waals surface area contributed by atoms with E-state index in [-0.39, 0.29) is 59.1 Å². The molecule has 0 aromatic carbocycles. The predicted octanol–water partition coefficient (Wildman–Crippen LogP) is 8.77. The molecule has 2 fully saturated rings. The van der Waals surface area contributed by atoms with Crippen molar-refractivity contribution in [3.63, 3.8) is 0 Å². The summed E-state index contributed by atoms with van der Waals surface area (Å²) in [5.41, 5.74) is 0.109. The van der Waals surface area contributed by atoms with Crippen molar-refractivity contribution in [1.29, 1.82) is 0 Å². The minimum atomic E-state index is -0.740. The van der Waals surface area contributed by atoms with Gasteiger partial charge in [-0.3, -0.25) is 29.0 Å². The van der Waals surface area contributed by atoms with Crippen LogP contribution in [0, 0.1) is 0 Å². The van der Waals surface area contributed by atoms with E-state index in [1.54, 1.807) is 0 Å². The Hall–Kier alpha value is -2.20. The number of nitrogens with zero attached hydrogens (tertiary/aromatic N) is 2. The third kappa shape index (κ3) is 17.8. The smallest absolute Gasteiger partial charge is 0.306 e. The maximum absolute atomic E-state index is 12.4. The average Bonchev–Trinajstić information content (AvgIpc) is 2.96. The normalized spacial score (nSPS) is 20.4. The van der Waals surface area contributed by atoms with Crippen LogP contribution >= 0.6 is 0 Å². The highest BCUT2D eigenvalue weighted by molar-refractivity contribution is 5.70. The molecule has 2 aliphatic heterocycles. The Kier molecular flexibility index (Phi) is 19.6. The van der Waals surface area contributed by atoms with Crippen molar-refractivity contribution >= 4 is 23.9 Å². The van der Waals surface area contributed by atoms with Crippen LogP contribution in [0.5, 0.6) is 0 Å². The van der Waals surface area contributed by atoms with Gasteiger partial charge in [0.15, 0.2) is 0 Å². The number of likely N-dealkylation sites (tertiary alicyclic amines) is 2. The number of unbranched alkanes of at least 4 members (excludes halogenated alkanes) is 10. The van der Waals surface area contributed by atoms with Crippen molar-refractivity contribution in [2.75, 3.05) is 14.1 Å². The van der Waals surface area contributed by atoms with Gasteiger partial charge in [0.1, 0.15) is 12.2 Å². The first-order chi connectivity index (χ1) is 23.1. The Morgan fingerprint density at radius 3 is 0.920 bits per heavy atom.